The Balaban J connectivity index is 2.46. The number of pyridine rings is 1. The molecule has 1 aromatic carbocycles. The van der Waals surface area contributed by atoms with Crippen molar-refractivity contribution in [3.8, 4) is 0 Å². The van der Waals surface area contributed by atoms with E-state index in [0.717, 1.165) is 35.0 Å². The number of hydrogen-bond acceptors (Lipinski definition) is 2. The van der Waals surface area contributed by atoms with E-state index in [4.69, 9.17) is 22.9 Å². The number of thiocarbonyl (C=S) groups is 1. The fourth-order valence-corrected chi connectivity index (χ4v) is 2.45. The van der Waals surface area contributed by atoms with Crippen molar-refractivity contribution in [3.05, 3.63) is 41.1 Å². The second-order valence-corrected chi connectivity index (χ2v) is 5.44. The number of aryl methyl sites for hydroxylation is 2. The van der Waals surface area contributed by atoms with E-state index in [9.17, 15) is 0 Å². The normalized spacial score (nSPS) is 10.8. The lowest BCUT2D eigenvalue weighted by Gasteiger charge is -2.09. The van der Waals surface area contributed by atoms with Crippen LogP contribution in [0.3, 0.4) is 0 Å². The van der Waals surface area contributed by atoms with Gasteiger partial charge >= 0.3 is 0 Å². The summed E-state index contributed by atoms with van der Waals surface area (Å²) in [5, 5.41) is 1.06. The van der Waals surface area contributed by atoms with Crippen LogP contribution in [0.15, 0.2) is 24.3 Å². The van der Waals surface area contributed by atoms with Crippen LogP contribution in [0.2, 0.25) is 0 Å². The standard InChI is InChI=1S/C16H20N2S/c1-3-4-5-6-12-10-14(16(17)19)13-9-11(2)7-8-15(13)18-12/h7-10H,3-6H2,1-2H3,(H2,17,19). The quantitative estimate of drug-likeness (QED) is 0.662. The van der Waals surface area contributed by atoms with Crippen LogP contribution in [0.5, 0.6) is 0 Å². The molecule has 0 aliphatic carbocycles. The van der Waals surface area contributed by atoms with Crippen molar-refractivity contribution in [2.75, 3.05) is 0 Å². The van der Waals surface area contributed by atoms with Gasteiger partial charge < -0.3 is 5.73 Å². The minimum atomic E-state index is 0.453. The van der Waals surface area contributed by atoms with Crippen LogP contribution in [0, 0.1) is 6.92 Å². The maximum atomic E-state index is 5.86. The SMILES string of the molecule is CCCCCc1cc(C(N)=S)c2cc(C)ccc2n1. The molecule has 3 heteroatoms. The summed E-state index contributed by atoms with van der Waals surface area (Å²) in [4.78, 5) is 5.17. The summed E-state index contributed by atoms with van der Waals surface area (Å²) in [5.41, 5.74) is 10.1. The van der Waals surface area contributed by atoms with Crippen molar-refractivity contribution in [2.24, 2.45) is 5.73 Å². The van der Waals surface area contributed by atoms with Gasteiger partial charge in [0.1, 0.15) is 4.99 Å². The van der Waals surface area contributed by atoms with Crippen molar-refractivity contribution in [1.29, 1.82) is 0 Å². The number of fused-ring (bicyclic) bond motifs is 1. The molecule has 1 heterocycles. The van der Waals surface area contributed by atoms with Gasteiger partial charge in [-0.25, -0.2) is 0 Å². The van der Waals surface area contributed by atoms with E-state index in [1.807, 2.05) is 0 Å². The molecule has 0 spiro atoms. The van der Waals surface area contributed by atoms with E-state index in [1.54, 1.807) is 0 Å². The first-order valence-corrected chi connectivity index (χ1v) is 7.22. The van der Waals surface area contributed by atoms with Gasteiger partial charge in [0.15, 0.2) is 0 Å². The molecule has 2 nitrogen and oxygen atoms in total. The van der Waals surface area contributed by atoms with Crippen molar-refractivity contribution >= 4 is 28.1 Å². The monoisotopic (exact) mass is 272 g/mol. The van der Waals surface area contributed by atoms with Gasteiger partial charge in [-0.05, 0) is 38.0 Å². The van der Waals surface area contributed by atoms with Crippen LogP contribution in [-0.2, 0) is 6.42 Å². The summed E-state index contributed by atoms with van der Waals surface area (Å²) in [6.45, 7) is 4.27. The summed E-state index contributed by atoms with van der Waals surface area (Å²) in [6, 6.07) is 8.29. The average Bonchev–Trinajstić information content (AvgIpc) is 2.38. The van der Waals surface area contributed by atoms with E-state index in [1.165, 1.54) is 18.4 Å². The van der Waals surface area contributed by atoms with Gasteiger partial charge in [0.05, 0.1) is 5.52 Å². The fraction of sp³-hybridized carbons (Fsp3) is 0.375. The van der Waals surface area contributed by atoms with Crippen molar-refractivity contribution in [2.45, 2.75) is 39.5 Å². The molecule has 0 bridgehead atoms. The Morgan fingerprint density at radius 1 is 1.26 bits per heavy atom. The highest BCUT2D eigenvalue weighted by molar-refractivity contribution is 7.80. The molecule has 0 amide bonds. The number of nitrogens with zero attached hydrogens (tertiary/aromatic N) is 1. The van der Waals surface area contributed by atoms with Crippen molar-refractivity contribution in [3.63, 3.8) is 0 Å². The number of benzene rings is 1. The Hall–Kier alpha value is -1.48. The van der Waals surface area contributed by atoms with Gasteiger partial charge in [0, 0.05) is 16.6 Å². The topological polar surface area (TPSA) is 38.9 Å². The molecule has 19 heavy (non-hydrogen) atoms. The third-order valence-corrected chi connectivity index (χ3v) is 3.54. The molecule has 2 N–H and O–H groups in total. The predicted molar refractivity (Wildman–Crippen MR) is 85.6 cm³/mol. The van der Waals surface area contributed by atoms with Crippen molar-refractivity contribution in [1.82, 2.24) is 4.98 Å². The Kier molecular flexibility index (Phi) is 4.48. The highest BCUT2D eigenvalue weighted by Crippen LogP contribution is 2.21. The Labute approximate surface area is 120 Å². The van der Waals surface area contributed by atoms with Crippen LogP contribution in [0.25, 0.3) is 10.9 Å². The first-order chi connectivity index (χ1) is 9.11. The molecule has 0 saturated heterocycles. The van der Waals surface area contributed by atoms with E-state index in [-0.39, 0.29) is 0 Å². The summed E-state index contributed by atoms with van der Waals surface area (Å²) in [5.74, 6) is 0. The minimum absolute atomic E-state index is 0.453. The number of nitrogens with two attached hydrogens (primary N) is 1. The smallest absolute Gasteiger partial charge is 0.104 e. The number of unbranched alkanes of at least 4 members (excludes halogenated alkanes) is 2. The van der Waals surface area contributed by atoms with Crippen LogP contribution in [0.4, 0.5) is 0 Å². The maximum Gasteiger partial charge on any atom is 0.104 e. The maximum absolute atomic E-state index is 5.86. The summed E-state index contributed by atoms with van der Waals surface area (Å²) in [6.07, 6.45) is 4.61. The zero-order valence-electron chi connectivity index (χ0n) is 11.6. The Bertz CT molecular complexity index is 605. The van der Waals surface area contributed by atoms with Gasteiger partial charge in [-0.2, -0.15) is 0 Å². The first-order valence-electron chi connectivity index (χ1n) is 6.82. The first kappa shape index (κ1) is 13.9. The molecule has 2 aromatic rings. The van der Waals surface area contributed by atoms with E-state index in [0.29, 0.717) is 4.99 Å². The molecule has 1 aromatic heterocycles. The highest BCUT2D eigenvalue weighted by Gasteiger charge is 2.08. The van der Waals surface area contributed by atoms with Crippen LogP contribution < -0.4 is 5.73 Å². The fourth-order valence-electron chi connectivity index (χ4n) is 2.28. The molecule has 0 unspecified atom stereocenters. The van der Waals surface area contributed by atoms with Crippen LogP contribution in [-0.4, -0.2) is 9.97 Å². The zero-order chi connectivity index (χ0) is 13.8. The lowest BCUT2D eigenvalue weighted by atomic mass is 10.0. The molecule has 0 fully saturated rings. The average molecular weight is 272 g/mol. The van der Waals surface area contributed by atoms with E-state index >= 15 is 0 Å². The lowest BCUT2D eigenvalue weighted by Crippen LogP contribution is -2.11. The minimum Gasteiger partial charge on any atom is -0.389 e. The summed E-state index contributed by atoms with van der Waals surface area (Å²) < 4.78 is 0. The van der Waals surface area contributed by atoms with Crippen molar-refractivity contribution < 1.29 is 0 Å². The third kappa shape index (κ3) is 3.29. The molecule has 2 rings (SSSR count). The molecular formula is C16H20N2S. The summed E-state index contributed by atoms with van der Waals surface area (Å²) in [7, 11) is 0. The van der Waals surface area contributed by atoms with E-state index < -0.39 is 0 Å². The number of aromatic nitrogens is 1. The Morgan fingerprint density at radius 2 is 2.05 bits per heavy atom. The van der Waals surface area contributed by atoms with Gasteiger partial charge in [-0.3, -0.25) is 4.98 Å². The van der Waals surface area contributed by atoms with E-state index in [2.05, 4.69) is 38.1 Å². The molecule has 0 atom stereocenters. The highest BCUT2D eigenvalue weighted by atomic mass is 32.1. The second kappa shape index (κ2) is 6.11. The molecule has 100 valence electrons. The van der Waals surface area contributed by atoms with Gasteiger partial charge in [-0.1, -0.05) is 43.6 Å². The van der Waals surface area contributed by atoms with Gasteiger partial charge in [0.2, 0.25) is 0 Å². The number of rotatable bonds is 5. The van der Waals surface area contributed by atoms with Gasteiger partial charge in [-0.15, -0.1) is 0 Å². The molecule has 0 aliphatic rings. The Morgan fingerprint density at radius 3 is 2.74 bits per heavy atom. The third-order valence-electron chi connectivity index (χ3n) is 3.32. The molecule has 0 aliphatic heterocycles. The lowest BCUT2D eigenvalue weighted by molar-refractivity contribution is 0.709. The van der Waals surface area contributed by atoms with Crippen LogP contribution in [0.1, 0.15) is 43.0 Å². The largest absolute Gasteiger partial charge is 0.389 e. The van der Waals surface area contributed by atoms with Gasteiger partial charge in [0.25, 0.3) is 0 Å². The molecule has 0 saturated carbocycles. The summed E-state index contributed by atoms with van der Waals surface area (Å²) >= 11 is 5.18. The zero-order valence-corrected chi connectivity index (χ0v) is 12.4. The molecular weight excluding hydrogens is 252 g/mol. The predicted octanol–water partition coefficient (Wildman–Crippen LogP) is 3.91. The second-order valence-electron chi connectivity index (χ2n) is 5.00. The molecule has 0 radical (unpaired) electrons. The number of hydrogen-bond donors (Lipinski definition) is 1. The van der Waals surface area contributed by atoms with Crippen LogP contribution >= 0.6 is 12.2 Å².